The van der Waals surface area contributed by atoms with E-state index in [1.54, 1.807) is 24.3 Å². The van der Waals surface area contributed by atoms with Crippen molar-refractivity contribution >= 4 is 0 Å². The monoisotopic (exact) mass is 406 g/mol. The fraction of sp³-hybridized carbons (Fsp3) is 0.357. The van der Waals surface area contributed by atoms with Crippen LogP contribution >= 0.6 is 0 Å². The first kappa shape index (κ1) is 25.3. The Bertz CT molecular complexity index is 763. The van der Waals surface area contributed by atoms with E-state index in [2.05, 4.69) is 39.0 Å². The molecule has 0 fully saturated rings. The molecule has 162 valence electrons. The van der Waals surface area contributed by atoms with E-state index in [-0.39, 0.29) is 5.60 Å². The Morgan fingerprint density at radius 2 is 1.13 bits per heavy atom. The third-order valence-electron chi connectivity index (χ3n) is 4.17. The summed E-state index contributed by atoms with van der Waals surface area (Å²) in [7, 11) is 0. The van der Waals surface area contributed by atoms with Gasteiger partial charge in [-0.05, 0) is 81.8 Å². The maximum Gasteiger partial charge on any atom is 0.120 e. The van der Waals surface area contributed by atoms with Crippen molar-refractivity contribution in [2.75, 3.05) is 0 Å². The van der Waals surface area contributed by atoms with Crippen LogP contribution < -0.4 is 4.74 Å². The lowest BCUT2D eigenvalue weighted by Crippen LogP contribution is -2.23. The maximum atomic E-state index is 8.63. The summed E-state index contributed by atoms with van der Waals surface area (Å²) in [6.45, 7) is 10.3. The summed E-state index contributed by atoms with van der Waals surface area (Å²) in [5.74, 6) is 1.34. The number of benzene rings is 3. The zero-order valence-electron chi connectivity index (χ0n) is 19.3. The molecule has 0 amide bonds. The second-order valence-electron chi connectivity index (χ2n) is 7.84. The number of hydrogen-bond donors (Lipinski definition) is 1. The number of aryl methyl sites for hydroxylation is 2. The van der Waals surface area contributed by atoms with Gasteiger partial charge in [0.15, 0.2) is 0 Å². The van der Waals surface area contributed by atoms with Crippen molar-refractivity contribution < 1.29 is 9.84 Å². The summed E-state index contributed by atoms with van der Waals surface area (Å²) in [5, 5.41) is 8.63. The molecule has 2 nitrogen and oxygen atoms in total. The van der Waals surface area contributed by atoms with Crippen LogP contribution in [-0.4, -0.2) is 10.7 Å². The van der Waals surface area contributed by atoms with Crippen molar-refractivity contribution in [1.29, 1.82) is 0 Å². The molecule has 0 radical (unpaired) electrons. The summed E-state index contributed by atoms with van der Waals surface area (Å²) in [5.41, 5.74) is 2.91. The number of ether oxygens (including phenoxy) is 1. The predicted molar refractivity (Wildman–Crippen MR) is 129 cm³/mol. The van der Waals surface area contributed by atoms with Gasteiger partial charge in [0, 0.05) is 0 Å². The third-order valence-corrected chi connectivity index (χ3v) is 4.17. The second-order valence-corrected chi connectivity index (χ2v) is 7.84. The molecule has 1 aliphatic carbocycles. The van der Waals surface area contributed by atoms with Crippen molar-refractivity contribution in [1.82, 2.24) is 0 Å². The lowest BCUT2D eigenvalue weighted by molar-refractivity contribution is 0.130. The lowest BCUT2D eigenvalue weighted by Gasteiger charge is -2.23. The lowest BCUT2D eigenvalue weighted by atomic mass is 9.92. The summed E-state index contributed by atoms with van der Waals surface area (Å²) < 4.78 is 5.87. The van der Waals surface area contributed by atoms with Gasteiger partial charge in [0.1, 0.15) is 17.1 Å². The fourth-order valence-corrected chi connectivity index (χ4v) is 2.94. The maximum absolute atomic E-state index is 8.63. The van der Waals surface area contributed by atoms with Gasteiger partial charge in [-0.1, -0.05) is 74.5 Å². The third kappa shape index (κ3) is 11.3. The average Bonchev–Trinajstić information content (AvgIpc) is 2.77. The Morgan fingerprint density at radius 3 is 1.57 bits per heavy atom. The van der Waals surface area contributed by atoms with E-state index in [4.69, 9.17) is 9.84 Å². The SMILES string of the molecule is CC.CC(C)(C)Oc1ccc2c(c1)CCCC2.Oc1ccccc1.c1ccccc1. The minimum atomic E-state index is -0.0943. The van der Waals surface area contributed by atoms with Crippen LogP contribution in [-0.2, 0) is 12.8 Å². The second kappa shape index (κ2) is 14.3. The number of aromatic hydroxyl groups is 1. The molecule has 2 heteroatoms. The van der Waals surface area contributed by atoms with Gasteiger partial charge in [-0.25, -0.2) is 0 Å². The van der Waals surface area contributed by atoms with Crippen LogP contribution in [0.3, 0.4) is 0 Å². The van der Waals surface area contributed by atoms with Gasteiger partial charge >= 0.3 is 0 Å². The van der Waals surface area contributed by atoms with Gasteiger partial charge in [-0.3, -0.25) is 0 Å². The summed E-state index contributed by atoms with van der Waals surface area (Å²) in [6.07, 6.45) is 5.13. The van der Waals surface area contributed by atoms with E-state index in [9.17, 15) is 0 Å². The molecule has 0 aliphatic heterocycles. The Hall–Kier alpha value is -2.74. The number of phenols is 1. The molecular formula is C28H38O2. The molecule has 30 heavy (non-hydrogen) atoms. The van der Waals surface area contributed by atoms with Crippen LogP contribution in [0.15, 0.2) is 84.9 Å². The Labute approximate surface area is 183 Å². The quantitative estimate of drug-likeness (QED) is 0.446. The highest BCUT2D eigenvalue weighted by Crippen LogP contribution is 2.27. The van der Waals surface area contributed by atoms with E-state index >= 15 is 0 Å². The zero-order valence-corrected chi connectivity index (χ0v) is 19.3. The number of fused-ring (bicyclic) bond motifs is 1. The summed E-state index contributed by atoms with van der Waals surface area (Å²) >= 11 is 0. The van der Waals surface area contributed by atoms with Gasteiger partial charge in [0.2, 0.25) is 0 Å². The molecule has 3 aromatic rings. The van der Waals surface area contributed by atoms with E-state index in [1.165, 1.54) is 36.8 Å². The number of para-hydroxylation sites is 1. The standard InChI is InChI=1S/C14H20O.C6H6O.C6H6.C2H6/c1-14(2,3)15-13-9-8-11-6-4-5-7-12(11)10-13;7-6-4-2-1-3-5-6;1-2-4-6-5-3-1;1-2/h8-10H,4-7H2,1-3H3;1-5,7H;1-6H;1-2H3. The molecule has 0 bridgehead atoms. The van der Waals surface area contributed by atoms with Crippen LogP contribution in [0.1, 0.15) is 58.6 Å². The smallest absolute Gasteiger partial charge is 0.120 e. The summed E-state index contributed by atoms with van der Waals surface area (Å²) in [4.78, 5) is 0. The molecule has 4 rings (SSSR count). The van der Waals surface area contributed by atoms with E-state index < -0.39 is 0 Å². The van der Waals surface area contributed by atoms with Gasteiger partial charge in [-0.15, -0.1) is 0 Å². The molecule has 0 saturated carbocycles. The zero-order chi connectivity index (χ0) is 22.2. The molecule has 0 heterocycles. The molecule has 0 aromatic heterocycles. The molecule has 1 aliphatic rings. The van der Waals surface area contributed by atoms with E-state index in [0.29, 0.717) is 5.75 Å². The van der Waals surface area contributed by atoms with Crippen molar-refractivity contribution in [3.63, 3.8) is 0 Å². The van der Waals surface area contributed by atoms with Crippen LogP contribution in [0.5, 0.6) is 11.5 Å². The van der Waals surface area contributed by atoms with Crippen molar-refractivity contribution in [3.8, 4) is 11.5 Å². The minimum absolute atomic E-state index is 0.0943. The molecule has 0 spiro atoms. The Morgan fingerprint density at radius 1 is 0.667 bits per heavy atom. The fourth-order valence-electron chi connectivity index (χ4n) is 2.94. The molecule has 0 unspecified atom stereocenters. The largest absolute Gasteiger partial charge is 0.508 e. The normalized spacial score (nSPS) is 11.8. The average molecular weight is 407 g/mol. The van der Waals surface area contributed by atoms with Crippen molar-refractivity contribution in [3.05, 3.63) is 96.1 Å². The summed E-state index contributed by atoms with van der Waals surface area (Å²) in [6, 6.07) is 27.3. The van der Waals surface area contributed by atoms with Crippen molar-refractivity contribution in [2.24, 2.45) is 0 Å². The highest BCUT2D eigenvalue weighted by atomic mass is 16.5. The number of rotatable bonds is 1. The molecular weight excluding hydrogens is 368 g/mol. The highest BCUT2D eigenvalue weighted by molar-refractivity contribution is 5.37. The molecule has 0 atom stereocenters. The van der Waals surface area contributed by atoms with Crippen LogP contribution in [0.2, 0.25) is 0 Å². The van der Waals surface area contributed by atoms with Gasteiger partial charge < -0.3 is 9.84 Å². The van der Waals surface area contributed by atoms with Crippen LogP contribution in [0.25, 0.3) is 0 Å². The highest BCUT2D eigenvalue weighted by Gasteiger charge is 2.14. The number of hydrogen-bond acceptors (Lipinski definition) is 2. The minimum Gasteiger partial charge on any atom is -0.508 e. The first-order valence-corrected chi connectivity index (χ1v) is 11.0. The predicted octanol–water partition coefficient (Wildman–Crippen LogP) is 7.85. The Kier molecular flexibility index (Phi) is 12.0. The number of phenolic OH excluding ortho intramolecular Hbond substituents is 1. The molecule has 1 N–H and O–H groups in total. The first-order chi connectivity index (χ1) is 14.4. The van der Waals surface area contributed by atoms with Crippen LogP contribution in [0.4, 0.5) is 0 Å². The van der Waals surface area contributed by atoms with E-state index in [1.807, 2.05) is 56.3 Å². The van der Waals surface area contributed by atoms with Gasteiger partial charge in [0.25, 0.3) is 0 Å². The van der Waals surface area contributed by atoms with Crippen LogP contribution in [0, 0.1) is 0 Å². The van der Waals surface area contributed by atoms with Gasteiger partial charge in [0.05, 0.1) is 0 Å². The first-order valence-electron chi connectivity index (χ1n) is 11.0. The van der Waals surface area contributed by atoms with Crippen molar-refractivity contribution in [2.45, 2.75) is 65.9 Å². The Balaban J connectivity index is 0.000000249. The molecule has 3 aromatic carbocycles. The topological polar surface area (TPSA) is 29.5 Å². The van der Waals surface area contributed by atoms with Gasteiger partial charge in [-0.2, -0.15) is 0 Å². The van der Waals surface area contributed by atoms with E-state index in [0.717, 1.165) is 5.75 Å². The molecule has 0 saturated heterocycles.